The zero-order valence-electron chi connectivity index (χ0n) is 11.2. The predicted octanol–water partition coefficient (Wildman–Crippen LogP) is 3.77. The van der Waals surface area contributed by atoms with Crippen LogP contribution in [0.2, 0.25) is 0 Å². The van der Waals surface area contributed by atoms with Crippen LogP contribution in [0.5, 0.6) is 0 Å². The van der Waals surface area contributed by atoms with Gasteiger partial charge >= 0.3 is 5.69 Å². The van der Waals surface area contributed by atoms with Crippen LogP contribution in [0.25, 0.3) is 0 Å². The van der Waals surface area contributed by atoms with Gasteiger partial charge in [-0.15, -0.1) is 0 Å². The van der Waals surface area contributed by atoms with Crippen molar-refractivity contribution in [3.63, 3.8) is 0 Å². The highest BCUT2D eigenvalue weighted by molar-refractivity contribution is 9.10. The summed E-state index contributed by atoms with van der Waals surface area (Å²) in [5.74, 6) is 1.23. The normalized spacial score (nSPS) is 23.1. The molecule has 0 bridgehead atoms. The van der Waals surface area contributed by atoms with E-state index in [2.05, 4.69) is 27.8 Å². The molecule has 2 rings (SSSR count). The van der Waals surface area contributed by atoms with Crippen LogP contribution in [0, 0.1) is 16.0 Å². The Hall–Kier alpha value is -1.17. The lowest BCUT2D eigenvalue weighted by atomic mass is 9.87. The van der Waals surface area contributed by atoms with Gasteiger partial charge in [-0.25, -0.2) is 4.98 Å². The topological polar surface area (TPSA) is 59.3 Å². The van der Waals surface area contributed by atoms with Crippen LogP contribution in [0.1, 0.15) is 32.6 Å². The van der Waals surface area contributed by atoms with Crippen molar-refractivity contribution >= 4 is 27.4 Å². The van der Waals surface area contributed by atoms with Gasteiger partial charge in [-0.2, -0.15) is 0 Å². The van der Waals surface area contributed by atoms with Crippen molar-refractivity contribution in [3.8, 4) is 0 Å². The highest BCUT2D eigenvalue weighted by atomic mass is 79.9. The van der Waals surface area contributed by atoms with Gasteiger partial charge in [0.25, 0.3) is 0 Å². The van der Waals surface area contributed by atoms with E-state index in [9.17, 15) is 10.1 Å². The SMILES string of the molecule is CC1CCC(N(C)c2ncc(Br)cc2[N+](=O)[O-])CC1. The van der Waals surface area contributed by atoms with Crippen molar-refractivity contribution in [3.05, 3.63) is 26.9 Å². The summed E-state index contributed by atoms with van der Waals surface area (Å²) in [6, 6.07) is 1.87. The Labute approximate surface area is 121 Å². The number of rotatable bonds is 3. The first kappa shape index (κ1) is 14.2. The molecule has 0 aliphatic heterocycles. The summed E-state index contributed by atoms with van der Waals surface area (Å²) >= 11 is 3.23. The lowest BCUT2D eigenvalue weighted by molar-refractivity contribution is -0.384. The van der Waals surface area contributed by atoms with Crippen molar-refractivity contribution in [2.24, 2.45) is 5.92 Å². The van der Waals surface area contributed by atoms with Gasteiger partial charge in [-0.3, -0.25) is 10.1 Å². The van der Waals surface area contributed by atoms with Crippen molar-refractivity contribution in [1.29, 1.82) is 0 Å². The number of hydrogen-bond acceptors (Lipinski definition) is 4. The molecule has 0 radical (unpaired) electrons. The Bertz CT molecular complexity index is 473. The Morgan fingerprint density at radius 2 is 2.05 bits per heavy atom. The van der Waals surface area contributed by atoms with Crippen LogP contribution < -0.4 is 4.90 Å². The molecule has 1 aromatic rings. The number of nitro groups is 1. The fraction of sp³-hybridized carbons (Fsp3) is 0.615. The number of nitrogens with zero attached hydrogens (tertiary/aromatic N) is 3. The third-order valence-electron chi connectivity index (χ3n) is 3.88. The molecule has 1 aliphatic rings. The van der Waals surface area contributed by atoms with Crippen molar-refractivity contribution < 1.29 is 4.92 Å². The van der Waals surface area contributed by atoms with Crippen molar-refractivity contribution in [2.45, 2.75) is 38.6 Å². The van der Waals surface area contributed by atoms with Crippen LogP contribution in [-0.4, -0.2) is 23.0 Å². The second-order valence-corrected chi connectivity index (χ2v) is 6.19. The summed E-state index contributed by atoms with van der Waals surface area (Å²) in [6.45, 7) is 2.26. The van der Waals surface area contributed by atoms with E-state index in [-0.39, 0.29) is 10.6 Å². The maximum atomic E-state index is 11.1. The molecule has 0 atom stereocenters. The molecule has 0 saturated heterocycles. The second kappa shape index (κ2) is 5.86. The maximum absolute atomic E-state index is 11.1. The quantitative estimate of drug-likeness (QED) is 0.626. The fourth-order valence-corrected chi connectivity index (χ4v) is 2.95. The van der Waals surface area contributed by atoms with Gasteiger partial charge in [-0.05, 0) is 47.5 Å². The van der Waals surface area contributed by atoms with Gasteiger partial charge in [0.2, 0.25) is 5.82 Å². The Balaban J connectivity index is 2.23. The molecular formula is C13H18BrN3O2. The van der Waals surface area contributed by atoms with E-state index in [0.717, 1.165) is 18.8 Å². The number of pyridine rings is 1. The molecule has 0 aromatic carbocycles. The molecule has 1 heterocycles. The first-order chi connectivity index (χ1) is 8.99. The van der Waals surface area contributed by atoms with Crippen LogP contribution in [0.15, 0.2) is 16.7 Å². The Kier molecular flexibility index (Phi) is 4.39. The summed E-state index contributed by atoms with van der Waals surface area (Å²) < 4.78 is 0.633. The molecule has 0 unspecified atom stereocenters. The molecule has 1 saturated carbocycles. The highest BCUT2D eigenvalue weighted by Crippen LogP contribution is 2.33. The molecular weight excluding hydrogens is 310 g/mol. The first-order valence-electron chi connectivity index (χ1n) is 6.51. The smallest absolute Gasteiger partial charge is 0.312 e. The standard InChI is InChI=1S/C13H18BrN3O2/c1-9-3-5-11(6-4-9)16(2)13-12(17(18)19)7-10(14)8-15-13/h7-9,11H,3-6H2,1-2H3. The summed E-state index contributed by atoms with van der Waals surface area (Å²) in [4.78, 5) is 17.0. The van der Waals surface area contributed by atoms with Gasteiger partial charge in [0, 0.05) is 29.8 Å². The monoisotopic (exact) mass is 327 g/mol. The van der Waals surface area contributed by atoms with E-state index in [4.69, 9.17) is 0 Å². The Morgan fingerprint density at radius 3 is 2.63 bits per heavy atom. The van der Waals surface area contributed by atoms with Gasteiger partial charge in [0.05, 0.1) is 4.92 Å². The van der Waals surface area contributed by atoms with Crippen LogP contribution in [-0.2, 0) is 0 Å². The lowest BCUT2D eigenvalue weighted by Gasteiger charge is -2.34. The zero-order chi connectivity index (χ0) is 14.0. The molecule has 6 heteroatoms. The van der Waals surface area contributed by atoms with Gasteiger partial charge in [-0.1, -0.05) is 6.92 Å². The van der Waals surface area contributed by atoms with Crippen LogP contribution >= 0.6 is 15.9 Å². The second-order valence-electron chi connectivity index (χ2n) is 5.28. The minimum Gasteiger partial charge on any atom is -0.351 e. The molecule has 104 valence electrons. The summed E-state index contributed by atoms with van der Waals surface area (Å²) in [5.41, 5.74) is 0.0653. The molecule has 0 N–H and O–H groups in total. The van der Waals surface area contributed by atoms with E-state index >= 15 is 0 Å². The first-order valence-corrected chi connectivity index (χ1v) is 7.31. The van der Waals surface area contributed by atoms with Crippen molar-refractivity contribution in [2.75, 3.05) is 11.9 Å². The lowest BCUT2D eigenvalue weighted by Crippen LogP contribution is -2.35. The van der Waals surface area contributed by atoms with Crippen molar-refractivity contribution in [1.82, 2.24) is 4.98 Å². The van der Waals surface area contributed by atoms with Crippen LogP contribution in [0.4, 0.5) is 11.5 Å². The predicted molar refractivity (Wildman–Crippen MR) is 78.4 cm³/mol. The van der Waals surface area contributed by atoms with Crippen LogP contribution in [0.3, 0.4) is 0 Å². The largest absolute Gasteiger partial charge is 0.351 e. The Morgan fingerprint density at radius 1 is 1.42 bits per heavy atom. The molecule has 19 heavy (non-hydrogen) atoms. The maximum Gasteiger partial charge on any atom is 0.312 e. The minimum atomic E-state index is -0.366. The third kappa shape index (κ3) is 3.23. The van der Waals surface area contributed by atoms with E-state index < -0.39 is 0 Å². The molecule has 1 aliphatic carbocycles. The van der Waals surface area contributed by atoms with Gasteiger partial charge in [0.15, 0.2) is 0 Å². The molecule has 5 nitrogen and oxygen atoms in total. The van der Waals surface area contributed by atoms with Gasteiger partial charge in [0.1, 0.15) is 0 Å². The summed E-state index contributed by atoms with van der Waals surface area (Å²) in [5, 5.41) is 11.1. The van der Waals surface area contributed by atoms with E-state index in [1.807, 2.05) is 11.9 Å². The number of hydrogen-bond donors (Lipinski definition) is 0. The highest BCUT2D eigenvalue weighted by Gasteiger charge is 2.27. The number of aromatic nitrogens is 1. The molecule has 1 aromatic heterocycles. The third-order valence-corrected chi connectivity index (χ3v) is 4.31. The molecule has 0 amide bonds. The van der Waals surface area contributed by atoms with E-state index in [1.54, 1.807) is 6.20 Å². The van der Waals surface area contributed by atoms with E-state index in [1.165, 1.54) is 18.9 Å². The number of halogens is 1. The summed E-state index contributed by atoms with van der Waals surface area (Å²) in [7, 11) is 1.91. The molecule has 0 spiro atoms. The molecule has 1 fully saturated rings. The fourth-order valence-electron chi connectivity index (χ4n) is 2.63. The zero-order valence-corrected chi connectivity index (χ0v) is 12.8. The summed E-state index contributed by atoms with van der Waals surface area (Å²) in [6.07, 6.45) is 6.13. The average Bonchev–Trinajstić information content (AvgIpc) is 2.38. The average molecular weight is 328 g/mol. The number of anilines is 1. The minimum absolute atomic E-state index is 0.0653. The van der Waals surface area contributed by atoms with E-state index in [0.29, 0.717) is 16.3 Å². The van der Waals surface area contributed by atoms with Gasteiger partial charge < -0.3 is 4.90 Å².